The van der Waals surface area contributed by atoms with Crippen molar-refractivity contribution < 1.29 is 18.3 Å². The SMILES string of the molecule is Cc1csc(C(=O)O)c1NS(=O)(=O)CC1CC1. The van der Waals surface area contributed by atoms with E-state index in [4.69, 9.17) is 5.11 Å². The number of anilines is 1. The Balaban J connectivity index is 2.22. The number of rotatable bonds is 5. The van der Waals surface area contributed by atoms with E-state index in [2.05, 4.69) is 4.72 Å². The minimum absolute atomic E-state index is 0.0434. The van der Waals surface area contributed by atoms with Crippen molar-refractivity contribution in [2.75, 3.05) is 10.5 Å². The molecule has 0 amide bonds. The average Bonchev–Trinajstić information content (AvgIpc) is 2.91. The molecule has 1 aliphatic rings. The Labute approximate surface area is 104 Å². The summed E-state index contributed by atoms with van der Waals surface area (Å²) in [7, 11) is -3.43. The molecule has 0 radical (unpaired) electrons. The van der Waals surface area contributed by atoms with Gasteiger partial charge in [0.15, 0.2) is 0 Å². The lowest BCUT2D eigenvalue weighted by Gasteiger charge is -2.08. The lowest BCUT2D eigenvalue weighted by molar-refractivity contribution is 0.0703. The van der Waals surface area contributed by atoms with Crippen LogP contribution in [0.5, 0.6) is 0 Å². The van der Waals surface area contributed by atoms with Crippen molar-refractivity contribution in [2.45, 2.75) is 19.8 Å². The van der Waals surface area contributed by atoms with Crippen molar-refractivity contribution >= 4 is 33.0 Å². The minimum Gasteiger partial charge on any atom is -0.477 e. The summed E-state index contributed by atoms with van der Waals surface area (Å²) >= 11 is 1.03. The van der Waals surface area contributed by atoms with Crippen molar-refractivity contribution in [1.82, 2.24) is 0 Å². The average molecular weight is 275 g/mol. The zero-order valence-electron chi connectivity index (χ0n) is 9.26. The maximum absolute atomic E-state index is 11.8. The molecule has 0 aromatic carbocycles. The molecule has 1 aromatic rings. The topological polar surface area (TPSA) is 83.5 Å². The highest BCUT2D eigenvalue weighted by Crippen LogP contribution is 2.33. The molecule has 5 nitrogen and oxygen atoms in total. The number of carbonyl (C=O) groups is 1. The number of hydrogen-bond acceptors (Lipinski definition) is 4. The van der Waals surface area contributed by atoms with Gasteiger partial charge in [0.1, 0.15) is 4.88 Å². The van der Waals surface area contributed by atoms with Crippen LogP contribution in [0.3, 0.4) is 0 Å². The molecule has 94 valence electrons. The number of hydrogen-bond donors (Lipinski definition) is 2. The number of carboxylic acid groups (broad SMARTS) is 1. The van der Waals surface area contributed by atoms with Crippen LogP contribution in [0.2, 0.25) is 0 Å². The summed E-state index contributed by atoms with van der Waals surface area (Å²) in [5.74, 6) is -0.784. The Morgan fingerprint density at radius 2 is 2.24 bits per heavy atom. The first-order chi connectivity index (χ1) is 7.89. The van der Waals surface area contributed by atoms with Gasteiger partial charge in [-0.1, -0.05) is 0 Å². The molecule has 1 aromatic heterocycles. The van der Waals surface area contributed by atoms with Gasteiger partial charge in [0.2, 0.25) is 10.0 Å². The molecule has 2 N–H and O–H groups in total. The molecule has 1 fully saturated rings. The van der Waals surface area contributed by atoms with Gasteiger partial charge in [0, 0.05) is 0 Å². The number of carboxylic acids is 1. The summed E-state index contributed by atoms with van der Waals surface area (Å²) in [6.45, 7) is 1.69. The Kier molecular flexibility index (Phi) is 3.13. The molecule has 0 saturated heterocycles. The molecule has 0 unspecified atom stereocenters. The highest BCUT2D eigenvalue weighted by atomic mass is 32.2. The normalized spacial score (nSPS) is 15.8. The van der Waals surface area contributed by atoms with Crippen LogP contribution in [-0.2, 0) is 10.0 Å². The van der Waals surface area contributed by atoms with Crippen LogP contribution in [0.25, 0.3) is 0 Å². The molecular weight excluding hydrogens is 262 g/mol. The highest BCUT2D eigenvalue weighted by molar-refractivity contribution is 7.92. The van der Waals surface area contributed by atoms with Crippen LogP contribution in [0.4, 0.5) is 5.69 Å². The fraction of sp³-hybridized carbons (Fsp3) is 0.500. The van der Waals surface area contributed by atoms with E-state index in [9.17, 15) is 13.2 Å². The van der Waals surface area contributed by atoms with E-state index >= 15 is 0 Å². The summed E-state index contributed by atoms with van der Waals surface area (Å²) in [5, 5.41) is 10.6. The Morgan fingerprint density at radius 1 is 1.59 bits per heavy atom. The van der Waals surface area contributed by atoms with E-state index in [0.717, 1.165) is 24.2 Å². The first-order valence-corrected chi connectivity index (χ1v) is 7.74. The number of aromatic carboxylic acids is 1. The van der Waals surface area contributed by atoms with Gasteiger partial charge in [0.25, 0.3) is 0 Å². The van der Waals surface area contributed by atoms with Crippen molar-refractivity contribution in [3.8, 4) is 0 Å². The molecule has 0 atom stereocenters. The second kappa shape index (κ2) is 4.30. The standard InChI is InChI=1S/C10H13NO4S2/c1-6-4-16-9(10(12)13)8(6)11-17(14,15)5-7-2-3-7/h4,7,11H,2-3,5H2,1H3,(H,12,13). The molecule has 1 aliphatic carbocycles. The predicted octanol–water partition coefficient (Wildman–Crippen LogP) is 1.91. The summed E-state index contributed by atoms with van der Waals surface area (Å²) in [6, 6.07) is 0. The van der Waals surface area contributed by atoms with Crippen LogP contribution < -0.4 is 4.72 Å². The van der Waals surface area contributed by atoms with Crippen molar-refractivity contribution in [3.63, 3.8) is 0 Å². The summed E-state index contributed by atoms with van der Waals surface area (Å²) in [6.07, 6.45) is 1.88. The predicted molar refractivity (Wildman–Crippen MR) is 66.1 cm³/mol. The second-order valence-corrected chi connectivity index (χ2v) is 6.90. The Morgan fingerprint density at radius 3 is 2.76 bits per heavy atom. The number of thiophene rings is 1. The van der Waals surface area contributed by atoms with Gasteiger partial charge in [-0.25, -0.2) is 13.2 Å². The van der Waals surface area contributed by atoms with E-state index < -0.39 is 16.0 Å². The van der Waals surface area contributed by atoms with Crippen LogP contribution in [0.1, 0.15) is 28.1 Å². The quantitative estimate of drug-likeness (QED) is 0.859. The van der Waals surface area contributed by atoms with E-state index in [1.807, 2.05) is 0 Å². The summed E-state index contributed by atoms with van der Waals surface area (Å²) in [5.41, 5.74) is 0.856. The van der Waals surface area contributed by atoms with Gasteiger partial charge < -0.3 is 5.11 Å². The summed E-state index contributed by atoms with van der Waals surface area (Å²) in [4.78, 5) is 11.0. The Hall–Kier alpha value is -1.08. The minimum atomic E-state index is -3.43. The maximum atomic E-state index is 11.8. The van der Waals surface area contributed by atoms with Gasteiger partial charge in [-0.15, -0.1) is 11.3 Å². The number of aryl methyl sites for hydroxylation is 1. The smallest absolute Gasteiger partial charge is 0.348 e. The number of sulfonamides is 1. The van der Waals surface area contributed by atoms with Gasteiger partial charge in [-0.05, 0) is 36.6 Å². The van der Waals surface area contributed by atoms with Gasteiger partial charge in [0.05, 0.1) is 11.4 Å². The summed E-state index contributed by atoms with van der Waals surface area (Å²) < 4.78 is 25.9. The van der Waals surface area contributed by atoms with Gasteiger partial charge in [-0.3, -0.25) is 4.72 Å². The zero-order chi connectivity index (χ0) is 12.6. The van der Waals surface area contributed by atoms with Gasteiger partial charge in [-0.2, -0.15) is 0 Å². The van der Waals surface area contributed by atoms with E-state index in [-0.39, 0.29) is 22.2 Å². The molecule has 1 saturated carbocycles. The molecule has 7 heteroatoms. The van der Waals surface area contributed by atoms with E-state index in [1.165, 1.54) is 0 Å². The van der Waals surface area contributed by atoms with Crippen molar-refractivity contribution in [1.29, 1.82) is 0 Å². The third-order valence-corrected chi connectivity index (χ3v) is 5.09. The van der Waals surface area contributed by atoms with Crippen molar-refractivity contribution in [3.05, 3.63) is 15.8 Å². The largest absolute Gasteiger partial charge is 0.477 e. The maximum Gasteiger partial charge on any atom is 0.348 e. The monoisotopic (exact) mass is 275 g/mol. The third-order valence-electron chi connectivity index (χ3n) is 2.58. The third kappa shape index (κ3) is 2.98. The lowest BCUT2D eigenvalue weighted by atomic mass is 10.3. The fourth-order valence-corrected chi connectivity index (χ4v) is 4.04. The molecule has 0 spiro atoms. The van der Waals surface area contributed by atoms with E-state index in [1.54, 1.807) is 12.3 Å². The highest BCUT2D eigenvalue weighted by Gasteiger charge is 2.29. The molecular formula is C10H13NO4S2. The first-order valence-electron chi connectivity index (χ1n) is 5.21. The van der Waals surface area contributed by atoms with Crippen LogP contribution >= 0.6 is 11.3 Å². The molecule has 0 bridgehead atoms. The molecule has 2 rings (SSSR count). The molecule has 17 heavy (non-hydrogen) atoms. The van der Waals surface area contributed by atoms with Gasteiger partial charge >= 0.3 is 5.97 Å². The first kappa shape index (κ1) is 12.4. The van der Waals surface area contributed by atoms with Crippen LogP contribution in [0.15, 0.2) is 5.38 Å². The van der Waals surface area contributed by atoms with Crippen LogP contribution in [-0.4, -0.2) is 25.2 Å². The lowest BCUT2D eigenvalue weighted by Crippen LogP contribution is -2.19. The number of nitrogens with one attached hydrogen (secondary N) is 1. The molecule has 1 heterocycles. The zero-order valence-corrected chi connectivity index (χ0v) is 10.9. The fourth-order valence-electron chi connectivity index (χ4n) is 1.52. The second-order valence-electron chi connectivity index (χ2n) is 4.25. The van der Waals surface area contributed by atoms with E-state index in [0.29, 0.717) is 5.56 Å². The van der Waals surface area contributed by atoms with Crippen molar-refractivity contribution in [2.24, 2.45) is 5.92 Å². The Bertz CT molecular complexity index is 543. The van der Waals surface area contributed by atoms with Crippen LogP contribution in [0, 0.1) is 12.8 Å². The molecule has 0 aliphatic heterocycles.